The largest absolute Gasteiger partial charge is 0.444 e. The van der Waals surface area contributed by atoms with Gasteiger partial charge in [-0.1, -0.05) is 6.07 Å². The van der Waals surface area contributed by atoms with Gasteiger partial charge in [-0.05, 0) is 52.3 Å². The zero-order valence-corrected chi connectivity index (χ0v) is 18.3. The molecule has 1 aromatic carbocycles. The Morgan fingerprint density at radius 2 is 1.78 bits per heavy atom. The van der Waals surface area contributed by atoms with Crippen LogP contribution >= 0.6 is 0 Å². The summed E-state index contributed by atoms with van der Waals surface area (Å²) in [6, 6.07) is -0.0389. The Hall–Kier alpha value is -3.37. The van der Waals surface area contributed by atoms with Gasteiger partial charge in [-0.15, -0.1) is 0 Å². The Morgan fingerprint density at radius 3 is 2.31 bits per heavy atom. The summed E-state index contributed by atoms with van der Waals surface area (Å²) in [6.45, 7) is 7.87. The number of Topliss-reactive ketones (excluding diaryl/α,β-unsaturated/α-hetero) is 1. The van der Waals surface area contributed by atoms with E-state index in [2.05, 4.69) is 5.32 Å². The first kappa shape index (κ1) is 24.9. The number of urea groups is 1. The summed E-state index contributed by atoms with van der Waals surface area (Å²) in [7, 11) is 0. The highest BCUT2D eigenvalue weighted by atomic mass is 19.2. The van der Waals surface area contributed by atoms with Crippen molar-refractivity contribution in [2.75, 3.05) is 0 Å². The first-order chi connectivity index (χ1) is 14.7. The van der Waals surface area contributed by atoms with E-state index >= 15 is 0 Å². The van der Waals surface area contributed by atoms with E-state index in [4.69, 9.17) is 4.74 Å². The number of carbonyl (C=O) groups is 5. The SMILES string of the molecule is CC(C)N1C(=O)NC(=O)C(C(=O)C[C@@H](NC(=O)OC(C)(C)C)c2ccc(F)c(F)c2)C1=O. The van der Waals surface area contributed by atoms with E-state index in [1.165, 1.54) is 13.8 Å². The summed E-state index contributed by atoms with van der Waals surface area (Å²) in [4.78, 5) is 62.7. The average Bonchev–Trinajstić information content (AvgIpc) is 2.61. The van der Waals surface area contributed by atoms with E-state index in [0.29, 0.717) is 0 Å². The van der Waals surface area contributed by atoms with E-state index in [0.717, 1.165) is 23.1 Å². The van der Waals surface area contributed by atoms with Crippen LogP contribution in [-0.4, -0.2) is 46.3 Å². The number of nitrogens with one attached hydrogen (secondary N) is 2. The number of imide groups is 2. The standard InChI is InChI=1S/C21H25F2N3O6/c1-10(2)26-18(29)16(17(28)25-19(26)30)15(27)9-14(24-20(31)32-21(3,4)5)11-6-7-12(22)13(23)8-11/h6-8,10,14,16H,9H2,1-5H3,(H,24,31)(H,25,28,30)/t14-,16?/m1/s1. The lowest BCUT2D eigenvalue weighted by Crippen LogP contribution is -2.61. The highest BCUT2D eigenvalue weighted by Crippen LogP contribution is 2.24. The van der Waals surface area contributed by atoms with Crippen molar-refractivity contribution in [1.29, 1.82) is 0 Å². The molecular formula is C21H25F2N3O6. The van der Waals surface area contributed by atoms with Gasteiger partial charge in [0.25, 0.3) is 5.91 Å². The van der Waals surface area contributed by atoms with Crippen molar-refractivity contribution >= 4 is 29.7 Å². The third-order valence-corrected chi connectivity index (χ3v) is 4.48. The highest BCUT2D eigenvalue weighted by Gasteiger charge is 2.46. The number of rotatable bonds is 6. The van der Waals surface area contributed by atoms with Crippen LogP contribution in [0.4, 0.5) is 18.4 Å². The van der Waals surface area contributed by atoms with Crippen LogP contribution in [0.15, 0.2) is 18.2 Å². The zero-order chi connectivity index (χ0) is 24.4. The lowest BCUT2D eigenvalue weighted by molar-refractivity contribution is -0.148. The highest BCUT2D eigenvalue weighted by molar-refractivity contribution is 6.26. The molecule has 2 atom stereocenters. The molecular weight excluding hydrogens is 428 g/mol. The maximum Gasteiger partial charge on any atom is 0.408 e. The fourth-order valence-corrected chi connectivity index (χ4v) is 3.11. The average molecular weight is 453 g/mol. The van der Waals surface area contributed by atoms with Gasteiger partial charge in [0.2, 0.25) is 5.91 Å². The van der Waals surface area contributed by atoms with Gasteiger partial charge >= 0.3 is 12.1 Å². The minimum atomic E-state index is -1.83. The van der Waals surface area contributed by atoms with Gasteiger partial charge in [0.05, 0.1) is 6.04 Å². The molecule has 2 rings (SSSR count). The van der Waals surface area contributed by atoms with E-state index in [1.807, 2.05) is 5.32 Å². The Balaban J connectivity index is 2.33. The quantitative estimate of drug-likeness (QED) is 0.639. The number of alkyl carbamates (subject to hydrolysis) is 1. The second-order valence-electron chi connectivity index (χ2n) is 8.57. The van der Waals surface area contributed by atoms with Crippen molar-refractivity contribution in [3.05, 3.63) is 35.4 Å². The van der Waals surface area contributed by atoms with Gasteiger partial charge < -0.3 is 10.1 Å². The number of ketones is 1. The maximum absolute atomic E-state index is 13.8. The molecule has 1 aliphatic rings. The first-order valence-electron chi connectivity index (χ1n) is 9.86. The number of benzene rings is 1. The van der Waals surface area contributed by atoms with Crippen molar-refractivity contribution in [2.45, 2.75) is 58.7 Å². The Kier molecular flexibility index (Phi) is 7.32. The van der Waals surface area contributed by atoms with E-state index < -0.39 is 71.4 Å². The van der Waals surface area contributed by atoms with Crippen molar-refractivity contribution < 1.29 is 37.5 Å². The Labute approximate surface area is 183 Å². The van der Waals surface area contributed by atoms with Crippen molar-refractivity contribution in [3.63, 3.8) is 0 Å². The first-order valence-corrected chi connectivity index (χ1v) is 9.86. The summed E-state index contributed by atoms with van der Waals surface area (Å²) in [5.41, 5.74) is -0.868. The van der Waals surface area contributed by atoms with Crippen LogP contribution in [0, 0.1) is 17.6 Å². The molecule has 174 valence electrons. The number of ether oxygens (including phenoxy) is 1. The summed E-state index contributed by atoms with van der Waals surface area (Å²) in [5, 5.41) is 4.34. The summed E-state index contributed by atoms with van der Waals surface area (Å²) >= 11 is 0. The number of halogens is 2. The molecule has 0 aliphatic carbocycles. The van der Waals surface area contributed by atoms with Gasteiger partial charge in [0.15, 0.2) is 23.3 Å². The minimum absolute atomic E-state index is 0.0172. The number of amides is 5. The smallest absolute Gasteiger partial charge is 0.408 e. The van der Waals surface area contributed by atoms with Crippen LogP contribution in [0.2, 0.25) is 0 Å². The van der Waals surface area contributed by atoms with Gasteiger partial charge in [-0.25, -0.2) is 18.4 Å². The van der Waals surface area contributed by atoms with E-state index in [1.54, 1.807) is 20.8 Å². The molecule has 1 aromatic rings. The van der Waals surface area contributed by atoms with Crippen LogP contribution < -0.4 is 10.6 Å². The van der Waals surface area contributed by atoms with Crippen molar-refractivity contribution in [2.24, 2.45) is 5.92 Å². The van der Waals surface area contributed by atoms with Gasteiger partial charge in [-0.3, -0.25) is 24.6 Å². The van der Waals surface area contributed by atoms with Crippen molar-refractivity contribution in [3.8, 4) is 0 Å². The van der Waals surface area contributed by atoms with Crippen LogP contribution in [0.3, 0.4) is 0 Å². The van der Waals surface area contributed by atoms with Crippen LogP contribution in [-0.2, 0) is 19.1 Å². The van der Waals surface area contributed by atoms with Gasteiger partial charge in [0.1, 0.15) is 5.60 Å². The van der Waals surface area contributed by atoms with Crippen LogP contribution in [0.1, 0.15) is 52.6 Å². The lowest BCUT2D eigenvalue weighted by atomic mass is 9.91. The molecule has 0 radical (unpaired) electrons. The fourth-order valence-electron chi connectivity index (χ4n) is 3.11. The molecule has 0 spiro atoms. The van der Waals surface area contributed by atoms with E-state index in [-0.39, 0.29) is 5.56 Å². The summed E-state index contributed by atoms with van der Waals surface area (Å²) in [5.74, 6) is -7.19. The molecule has 11 heteroatoms. The molecule has 5 amide bonds. The monoisotopic (exact) mass is 453 g/mol. The molecule has 32 heavy (non-hydrogen) atoms. The number of hydrogen-bond acceptors (Lipinski definition) is 6. The molecule has 1 saturated heterocycles. The normalized spacial score (nSPS) is 17.8. The van der Waals surface area contributed by atoms with Crippen LogP contribution in [0.25, 0.3) is 0 Å². The molecule has 0 bridgehead atoms. The summed E-state index contributed by atoms with van der Waals surface area (Å²) in [6.07, 6.45) is -1.56. The Morgan fingerprint density at radius 1 is 1.16 bits per heavy atom. The number of hydrogen-bond donors (Lipinski definition) is 2. The zero-order valence-electron chi connectivity index (χ0n) is 18.3. The third kappa shape index (κ3) is 5.86. The van der Waals surface area contributed by atoms with Gasteiger partial charge in [0, 0.05) is 12.5 Å². The number of carbonyl (C=O) groups excluding carboxylic acids is 5. The number of barbiturate groups is 1. The molecule has 1 aliphatic heterocycles. The Bertz CT molecular complexity index is 957. The topological polar surface area (TPSA) is 122 Å². The second-order valence-corrected chi connectivity index (χ2v) is 8.57. The minimum Gasteiger partial charge on any atom is -0.444 e. The second kappa shape index (κ2) is 9.41. The van der Waals surface area contributed by atoms with Gasteiger partial charge in [-0.2, -0.15) is 0 Å². The predicted octanol–water partition coefficient (Wildman–Crippen LogP) is 2.59. The predicted molar refractivity (Wildman–Crippen MR) is 107 cm³/mol. The summed E-state index contributed by atoms with van der Waals surface area (Å²) < 4.78 is 32.3. The van der Waals surface area contributed by atoms with E-state index in [9.17, 15) is 32.8 Å². The lowest BCUT2D eigenvalue weighted by Gasteiger charge is -2.32. The molecule has 0 aromatic heterocycles. The molecule has 9 nitrogen and oxygen atoms in total. The molecule has 1 fully saturated rings. The molecule has 2 N–H and O–H groups in total. The molecule has 0 saturated carbocycles. The molecule has 1 unspecified atom stereocenters. The third-order valence-electron chi connectivity index (χ3n) is 4.48. The molecule has 1 heterocycles. The van der Waals surface area contributed by atoms with Crippen LogP contribution in [0.5, 0.6) is 0 Å². The number of nitrogens with zero attached hydrogens (tertiary/aromatic N) is 1. The maximum atomic E-state index is 13.8. The van der Waals surface area contributed by atoms with Crippen molar-refractivity contribution in [1.82, 2.24) is 15.5 Å². The fraction of sp³-hybridized carbons (Fsp3) is 0.476.